The Morgan fingerprint density at radius 1 is 1.21 bits per heavy atom. The summed E-state index contributed by atoms with van der Waals surface area (Å²) in [6, 6.07) is 7.36. The van der Waals surface area contributed by atoms with Crippen molar-refractivity contribution >= 4 is 5.91 Å². The molecular weight excluding hydrogens is 354 g/mol. The number of rotatable bonds is 7. The minimum Gasteiger partial charge on any atom is -0.497 e. The molecule has 7 heteroatoms. The Morgan fingerprint density at radius 2 is 1.93 bits per heavy atom. The molecule has 1 amide bonds. The maximum atomic E-state index is 12.8. The number of imidazole rings is 1. The third kappa shape index (κ3) is 4.08. The van der Waals surface area contributed by atoms with Crippen molar-refractivity contribution in [2.45, 2.75) is 32.7 Å². The first-order chi connectivity index (χ1) is 13.4. The van der Waals surface area contributed by atoms with Crippen molar-refractivity contribution < 1.29 is 9.53 Å². The van der Waals surface area contributed by atoms with Crippen molar-refractivity contribution in [3.8, 4) is 5.75 Å². The second-order valence-corrected chi connectivity index (χ2v) is 6.94. The topological polar surface area (TPSA) is 74.0 Å². The summed E-state index contributed by atoms with van der Waals surface area (Å²) < 4.78 is 9.02. The molecule has 0 saturated heterocycles. The van der Waals surface area contributed by atoms with E-state index in [0.29, 0.717) is 12.8 Å². The minimum atomic E-state index is -0.325. The molecular formula is C21H27N5O2. The first kappa shape index (κ1) is 19.7. The van der Waals surface area contributed by atoms with Crippen molar-refractivity contribution in [2.24, 2.45) is 14.1 Å². The molecule has 0 spiro atoms. The average molecular weight is 381 g/mol. The molecule has 28 heavy (non-hydrogen) atoms. The van der Waals surface area contributed by atoms with Crippen LogP contribution in [0, 0.1) is 13.8 Å². The van der Waals surface area contributed by atoms with Gasteiger partial charge in [0.25, 0.3) is 0 Å². The number of nitrogens with zero attached hydrogens (tertiary/aromatic N) is 4. The molecule has 1 aromatic carbocycles. The minimum absolute atomic E-state index is 0.0218. The lowest BCUT2D eigenvalue weighted by Crippen LogP contribution is -2.31. The molecule has 0 aliphatic carbocycles. The van der Waals surface area contributed by atoms with Gasteiger partial charge in [0.05, 0.1) is 12.8 Å². The SMILES string of the molecule is COc1ccc(C(NC(=O)CCc2c(C)nn(C)c2C)c2nccn2C)cc1. The molecule has 0 fully saturated rings. The van der Waals surface area contributed by atoms with E-state index in [1.165, 1.54) is 0 Å². The Labute approximate surface area is 165 Å². The summed E-state index contributed by atoms with van der Waals surface area (Å²) in [5.41, 5.74) is 4.16. The fourth-order valence-electron chi connectivity index (χ4n) is 3.40. The van der Waals surface area contributed by atoms with E-state index in [4.69, 9.17) is 4.74 Å². The molecule has 3 aromatic rings. The fourth-order valence-corrected chi connectivity index (χ4v) is 3.40. The number of amides is 1. The first-order valence-corrected chi connectivity index (χ1v) is 9.30. The van der Waals surface area contributed by atoms with Crippen LogP contribution in [0.1, 0.15) is 40.8 Å². The van der Waals surface area contributed by atoms with Crippen molar-refractivity contribution in [2.75, 3.05) is 7.11 Å². The van der Waals surface area contributed by atoms with Crippen LogP contribution < -0.4 is 10.1 Å². The highest BCUT2D eigenvalue weighted by Crippen LogP contribution is 2.23. The third-order valence-corrected chi connectivity index (χ3v) is 5.13. The Morgan fingerprint density at radius 3 is 2.46 bits per heavy atom. The highest BCUT2D eigenvalue weighted by atomic mass is 16.5. The Bertz CT molecular complexity index is 956. The molecule has 3 rings (SSSR count). The van der Waals surface area contributed by atoms with Gasteiger partial charge in [0.1, 0.15) is 17.6 Å². The van der Waals surface area contributed by atoms with E-state index in [0.717, 1.165) is 34.1 Å². The molecule has 7 nitrogen and oxygen atoms in total. The molecule has 1 atom stereocenters. The van der Waals surface area contributed by atoms with Crippen molar-refractivity contribution in [1.82, 2.24) is 24.6 Å². The van der Waals surface area contributed by atoms with Crippen LogP contribution in [-0.2, 0) is 25.3 Å². The molecule has 0 bridgehead atoms. The summed E-state index contributed by atoms with van der Waals surface area (Å²) in [5, 5.41) is 7.57. The van der Waals surface area contributed by atoms with E-state index in [9.17, 15) is 4.79 Å². The summed E-state index contributed by atoms with van der Waals surface area (Å²) in [6.45, 7) is 4.01. The lowest BCUT2D eigenvalue weighted by molar-refractivity contribution is -0.121. The lowest BCUT2D eigenvalue weighted by Gasteiger charge is -2.19. The van der Waals surface area contributed by atoms with E-state index < -0.39 is 0 Å². The number of hydrogen-bond acceptors (Lipinski definition) is 4. The van der Waals surface area contributed by atoms with Gasteiger partial charge in [-0.05, 0) is 43.5 Å². The number of benzene rings is 1. The van der Waals surface area contributed by atoms with Gasteiger partial charge in [-0.3, -0.25) is 9.48 Å². The second kappa shape index (κ2) is 8.29. The lowest BCUT2D eigenvalue weighted by atomic mass is 10.0. The van der Waals surface area contributed by atoms with Crippen LogP contribution in [0.3, 0.4) is 0 Å². The molecule has 0 radical (unpaired) electrons. The van der Waals surface area contributed by atoms with E-state index >= 15 is 0 Å². The van der Waals surface area contributed by atoms with Gasteiger partial charge < -0.3 is 14.6 Å². The highest BCUT2D eigenvalue weighted by Gasteiger charge is 2.21. The number of nitrogens with one attached hydrogen (secondary N) is 1. The molecule has 0 aliphatic rings. The normalized spacial score (nSPS) is 12.0. The van der Waals surface area contributed by atoms with Gasteiger partial charge in [-0.1, -0.05) is 12.1 Å². The van der Waals surface area contributed by atoms with Crippen LogP contribution in [0.25, 0.3) is 0 Å². The van der Waals surface area contributed by atoms with Gasteiger partial charge in [-0.2, -0.15) is 5.10 Å². The van der Waals surface area contributed by atoms with Crippen molar-refractivity contribution in [3.63, 3.8) is 0 Å². The highest BCUT2D eigenvalue weighted by molar-refractivity contribution is 5.77. The van der Waals surface area contributed by atoms with Gasteiger partial charge in [0, 0.05) is 38.6 Å². The number of methoxy groups -OCH3 is 1. The molecule has 1 unspecified atom stereocenters. The van der Waals surface area contributed by atoms with Gasteiger partial charge in [-0.25, -0.2) is 4.98 Å². The largest absolute Gasteiger partial charge is 0.497 e. The smallest absolute Gasteiger partial charge is 0.221 e. The molecule has 2 heterocycles. The fraction of sp³-hybridized carbons (Fsp3) is 0.381. The molecule has 0 aliphatic heterocycles. The summed E-state index contributed by atoms with van der Waals surface area (Å²) in [7, 11) is 5.48. The zero-order valence-electron chi connectivity index (χ0n) is 17.1. The van der Waals surface area contributed by atoms with E-state index in [1.54, 1.807) is 13.3 Å². The monoisotopic (exact) mass is 381 g/mol. The zero-order chi connectivity index (χ0) is 20.3. The van der Waals surface area contributed by atoms with Crippen LogP contribution in [0.2, 0.25) is 0 Å². The zero-order valence-corrected chi connectivity index (χ0v) is 17.1. The van der Waals surface area contributed by atoms with Gasteiger partial charge in [0.2, 0.25) is 5.91 Å². The molecule has 148 valence electrons. The van der Waals surface area contributed by atoms with Crippen molar-refractivity contribution in [3.05, 3.63) is 65.0 Å². The van der Waals surface area contributed by atoms with Crippen LogP contribution in [0.15, 0.2) is 36.7 Å². The summed E-state index contributed by atoms with van der Waals surface area (Å²) in [5.74, 6) is 1.54. The van der Waals surface area contributed by atoms with Crippen LogP contribution in [-0.4, -0.2) is 32.3 Å². The Kier molecular flexibility index (Phi) is 5.82. The van der Waals surface area contributed by atoms with Crippen LogP contribution in [0.4, 0.5) is 0 Å². The maximum absolute atomic E-state index is 12.8. The number of carbonyl (C=O) groups excluding carboxylic acids is 1. The second-order valence-electron chi connectivity index (χ2n) is 6.94. The maximum Gasteiger partial charge on any atom is 0.221 e. The Hall–Kier alpha value is -3.09. The number of aromatic nitrogens is 4. The van der Waals surface area contributed by atoms with Crippen LogP contribution in [0.5, 0.6) is 5.75 Å². The van der Waals surface area contributed by atoms with E-state index in [2.05, 4.69) is 15.4 Å². The summed E-state index contributed by atoms with van der Waals surface area (Å²) in [6.07, 6.45) is 4.67. The van der Waals surface area contributed by atoms with Gasteiger partial charge in [0.15, 0.2) is 0 Å². The predicted molar refractivity (Wildman–Crippen MR) is 107 cm³/mol. The van der Waals surface area contributed by atoms with Crippen molar-refractivity contribution in [1.29, 1.82) is 0 Å². The molecule has 1 N–H and O–H groups in total. The van der Waals surface area contributed by atoms with Gasteiger partial charge in [-0.15, -0.1) is 0 Å². The molecule has 0 saturated carbocycles. The summed E-state index contributed by atoms with van der Waals surface area (Å²) >= 11 is 0. The predicted octanol–water partition coefficient (Wildman–Crippen LogP) is 2.62. The Balaban J connectivity index is 1.77. The average Bonchev–Trinajstić information content (AvgIpc) is 3.21. The number of carbonyl (C=O) groups is 1. The van der Waals surface area contributed by atoms with E-state index in [1.807, 2.05) is 67.7 Å². The third-order valence-electron chi connectivity index (χ3n) is 5.13. The number of aryl methyl sites for hydroxylation is 3. The summed E-state index contributed by atoms with van der Waals surface area (Å²) in [4.78, 5) is 17.2. The standard InChI is InChI=1S/C21H27N5O2/c1-14-18(15(2)26(4)24-14)10-11-19(27)23-20(21-22-12-13-25(21)3)16-6-8-17(28-5)9-7-16/h6-9,12-13,20H,10-11H2,1-5H3,(H,23,27). The number of hydrogen-bond donors (Lipinski definition) is 1. The number of ether oxygens (including phenoxy) is 1. The first-order valence-electron chi connectivity index (χ1n) is 9.30. The quantitative estimate of drug-likeness (QED) is 0.683. The van der Waals surface area contributed by atoms with Crippen LogP contribution >= 0.6 is 0 Å². The molecule has 2 aromatic heterocycles. The van der Waals surface area contributed by atoms with E-state index in [-0.39, 0.29) is 11.9 Å². The van der Waals surface area contributed by atoms with Gasteiger partial charge >= 0.3 is 0 Å².